The van der Waals surface area contributed by atoms with Crippen LogP contribution in [-0.4, -0.2) is 0 Å². The fraction of sp³-hybridized carbons (Fsp3) is 0.800. The average Bonchev–Trinajstić information content (AvgIpc) is 1.41. The molecule has 0 aliphatic heterocycles. The predicted molar refractivity (Wildman–Crippen MR) is 24.9 cm³/mol. The first kappa shape index (κ1) is 10.1. The van der Waals surface area contributed by atoms with Crippen molar-refractivity contribution in [1.29, 1.82) is 0 Å². The van der Waals surface area contributed by atoms with Crippen molar-refractivity contribution in [2.75, 3.05) is 0 Å². The second kappa shape index (κ2) is 9.38. The second-order valence-corrected chi connectivity index (χ2v) is 1.21. The van der Waals surface area contributed by atoms with E-state index in [1.54, 1.807) is 0 Å². The number of hydrogen-bond donors (Lipinski definition) is 0. The molecule has 0 amide bonds. The van der Waals surface area contributed by atoms with Crippen LogP contribution in [-0.2, 0) is 0 Å². The van der Waals surface area contributed by atoms with Crippen LogP contribution in [0.2, 0.25) is 0 Å². The van der Waals surface area contributed by atoms with Crippen LogP contribution in [0.5, 0.6) is 0 Å². The third-order valence-corrected chi connectivity index (χ3v) is 0.604. The molecule has 0 aliphatic carbocycles. The summed E-state index contributed by atoms with van der Waals surface area (Å²) in [5.74, 6) is 0. The van der Waals surface area contributed by atoms with Crippen LogP contribution in [0.1, 0.15) is 26.2 Å². The molecule has 0 unspecified atom stereocenters. The maximum absolute atomic E-state index is 3.68. The van der Waals surface area contributed by atoms with Crippen LogP contribution >= 0.6 is 0 Å². The van der Waals surface area contributed by atoms with Gasteiger partial charge in [-0.1, -0.05) is 19.8 Å². The van der Waals surface area contributed by atoms with E-state index < -0.39 is 0 Å². The van der Waals surface area contributed by atoms with Gasteiger partial charge in [-0.2, -0.15) is 6.42 Å². The molecule has 0 spiro atoms. The first-order valence-electron chi connectivity index (χ1n) is 2.21. The first-order chi connectivity index (χ1) is 2.41. The Morgan fingerprint density at radius 3 is 2.00 bits per heavy atom. The van der Waals surface area contributed by atoms with E-state index in [1.165, 1.54) is 12.8 Å². The number of rotatable bonds is 2. The molecule has 0 aromatic heterocycles. The van der Waals surface area contributed by atoms with E-state index in [2.05, 4.69) is 13.8 Å². The Morgan fingerprint density at radius 2 is 2.00 bits per heavy atom. The largest absolute Gasteiger partial charge is 1.00 e. The molecule has 0 rings (SSSR count). The molecule has 6 heavy (non-hydrogen) atoms. The van der Waals surface area contributed by atoms with Crippen LogP contribution < -0.4 is 29.6 Å². The molecule has 0 nitrogen and oxygen atoms in total. The van der Waals surface area contributed by atoms with Crippen molar-refractivity contribution in [3.05, 3.63) is 6.92 Å². The number of unbranched alkanes of at least 4 members (excludes halogenated alkanes) is 2. The summed E-state index contributed by atoms with van der Waals surface area (Å²) in [5, 5.41) is 0. The van der Waals surface area contributed by atoms with E-state index >= 15 is 0 Å². The topological polar surface area (TPSA) is 0 Å². The first-order valence-corrected chi connectivity index (χ1v) is 2.21. The Labute approximate surface area is 62.6 Å². The average molecular weight is 94.1 g/mol. The zero-order chi connectivity index (χ0) is 4.12. The summed E-state index contributed by atoms with van der Waals surface area (Å²) in [5.41, 5.74) is 0. The quantitative estimate of drug-likeness (QED) is 0.304. The monoisotopic (exact) mass is 94.1 g/mol. The predicted octanol–water partition coefficient (Wildman–Crippen LogP) is -0.985. The minimum Gasteiger partial charge on any atom is -0.343 e. The van der Waals surface area contributed by atoms with Gasteiger partial charge in [-0.05, 0) is 0 Å². The Bertz CT molecular complexity index is 11.4. The van der Waals surface area contributed by atoms with Crippen molar-refractivity contribution < 1.29 is 29.6 Å². The molecular formula is C5H11Na. The SMILES string of the molecule is [CH2-]CCCC.[Na+]. The molecule has 32 valence electrons. The Hall–Kier alpha value is 1.00. The normalized spacial score (nSPS) is 7.00. The van der Waals surface area contributed by atoms with Gasteiger partial charge in [0.25, 0.3) is 0 Å². The van der Waals surface area contributed by atoms with Gasteiger partial charge in [0.1, 0.15) is 0 Å². The van der Waals surface area contributed by atoms with Crippen LogP contribution in [0.3, 0.4) is 0 Å². The van der Waals surface area contributed by atoms with E-state index in [0.29, 0.717) is 0 Å². The fourth-order valence-electron chi connectivity index (χ4n) is 0.250. The Kier molecular flexibility index (Phi) is 15.8. The molecule has 0 radical (unpaired) electrons. The van der Waals surface area contributed by atoms with Crippen LogP contribution in [0, 0.1) is 6.92 Å². The van der Waals surface area contributed by atoms with Crippen LogP contribution in [0.25, 0.3) is 0 Å². The summed E-state index contributed by atoms with van der Waals surface area (Å²) in [7, 11) is 0. The van der Waals surface area contributed by atoms with Gasteiger partial charge in [-0.25, -0.2) is 0 Å². The summed E-state index contributed by atoms with van der Waals surface area (Å²) >= 11 is 0. The van der Waals surface area contributed by atoms with Crippen molar-refractivity contribution in [1.82, 2.24) is 0 Å². The van der Waals surface area contributed by atoms with Gasteiger partial charge in [-0.15, -0.1) is 0 Å². The number of hydrogen-bond acceptors (Lipinski definition) is 0. The van der Waals surface area contributed by atoms with Gasteiger partial charge >= 0.3 is 29.6 Å². The molecule has 0 heterocycles. The molecule has 0 aromatic carbocycles. The minimum atomic E-state index is 0. The summed E-state index contributed by atoms with van der Waals surface area (Å²) in [6, 6.07) is 0. The third kappa shape index (κ3) is 8.89. The Balaban J connectivity index is 0. The van der Waals surface area contributed by atoms with Crippen LogP contribution in [0.4, 0.5) is 0 Å². The molecule has 0 saturated carbocycles. The summed E-state index contributed by atoms with van der Waals surface area (Å²) in [6.07, 6.45) is 3.65. The fourth-order valence-corrected chi connectivity index (χ4v) is 0.250. The summed E-state index contributed by atoms with van der Waals surface area (Å²) in [6.45, 7) is 5.85. The van der Waals surface area contributed by atoms with E-state index in [-0.39, 0.29) is 29.6 Å². The van der Waals surface area contributed by atoms with Gasteiger partial charge in [-0.3, -0.25) is 0 Å². The molecule has 0 aliphatic rings. The molecule has 0 bridgehead atoms. The van der Waals surface area contributed by atoms with Crippen molar-refractivity contribution in [3.63, 3.8) is 0 Å². The maximum atomic E-state index is 3.68. The van der Waals surface area contributed by atoms with Gasteiger partial charge in [0.05, 0.1) is 0 Å². The molecule has 0 aromatic rings. The second-order valence-electron chi connectivity index (χ2n) is 1.21. The summed E-state index contributed by atoms with van der Waals surface area (Å²) < 4.78 is 0. The van der Waals surface area contributed by atoms with E-state index in [9.17, 15) is 0 Å². The minimum absolute atomic E-state index is 0. The van der Waals surface area contributed by atoms with Gasteiger partial charge in [0.15, 0.2) is 0 Å². The molecular weight excluding hydrogens is 83.0 g/mol. The molecule has 0 saturated heterocycles. The zero-order valence-electron chi connectivity index (χ0n) is 4.83. The smallest absolute Gasteiger partial charge is 0.343 e. The van der Waals surface area contributed by atoms with Crippen molar-refractivity contribution >= 4 is 0 Å². The zero-order valence-corrected chi connectivity index (χ0v) is 6.83. The van der Waals surface area contributed by atoms with Crippen molar-refractivity contribution in [2.24, 2.45) is 0 Å². The third-order valence-electron chi connectivity index (χ3n) is 0.604. The van der Waals surface area contributed by atoms with Gasteiger partial charge in [0.2, 0.25) is 0 Å². The van der Waals surface area contributed by atoms with Crippen LogP contribution in [0.15, 0.2) is 0 Å². The Morgan fingerprint density at radius 1 is 1.50 bits per heavy atom. The van der Waals surface area contributed by atoms with Gasteiger partial charge < -0.3 is 6.92 Å². The summed E-state index contributed by atoms with van der Waals surface area (Å²) in [4.78, 5) is 0. The molecule has 1 heteroatoms. The maximum Gasteiger partial charge on any atom is 1.00 e. The van der Waals surface area contributed by atoms with Gasteiger partial charge in [0, 0.05) is 0 Å². The van der Waals surface area contributed by atoms with Crippen molar-refractivity contribution in [2.45, 2.75) is 26.2 Å². The van der Waals surface area contributed by atoms with E-state index in [4.69, 9.17) is 0 Å². The van der Waals surface area contributed by atoms with E-state index in [1.807, 2.05) is 0 Å². The molecule has 0 atom stereocenters. The van der Waals surface area contributed by atoms with Crippen molar-refractivity contribution in [3.8, 4) is 0 Å². The standard InChI is InChI=1S/C5H11.Na/c1-3-5-4-2;/h1,3-5H2,2H3;/q-1;+1. The molecule has 0 fully saturated rings. The molecule has 0 N–H and O–H groups in total. The van der Waals surface area contributed by atoms with E-state index in [0.717, 1.165) is 6.42 Å².